The zero-order valence-electron chi connectivity index (χ0n) is 12.5. The lowest BCUT2D eigenvalue weighted by Crippen LogP contribution is -2.31. The van der Waals surface area contributed by atoms with Gasteiger partial charge in [0.05, 0.1) is 7.11 Å². The minimum absolute atomic E-state index is 0.0172. The topological polar surface area (TPSA) is 102 Å². The molecule has 0 saturated carbocycles. The van der Waals surface area contributed by atoms with Crippen molar-refractivity contribution in [1.82, 2.24) is 20.2 Å². The van der Waals surface area contributed by atoms with Crippen LogP contribution in [0.3, 0.4) is 0 Å². The fourth-order valence-corrected chi connectivity index (χ4v) is 3.20. The van der Waals surface area contributed by atoms with Crippen LogP contribution >= 0.6 is 0 Å². The number of carbonyl (C=O) groups excluding carboxylic acids is 1. The largest absolute Gasteiger partial charge is 0.504 e. The summed E-state index contributed by atoms with van der Waals surface area (Å²) in [7, 11) is 1.49. The van der Waals surface area contributed by atoms with Crippen LogP contribution < -0.4 is 10.1 Å². The molecule has 2 heterocycles. The molecule has 0 spiro atoms. The number of hydrogen-bond donors (Lipinski definition) is 2. The number of Topliss-reactive ketones (excluding diaryl/α,β-unsaturated/α-hetero) is 1. The molecule has 2 N–H and O–H groups in total. The molecule has 2 aromatic rings. The Labute approximate surface area is 131 Å². The van der Waals surface area contributed by atoms with Gasteiger partial charge in [-0.1, -0.05) is 11.2 Å². The molecule has 0 unspecified atom stereocenters. The van der Waals surface area contributed by atoms with Crippen LogP contribution in [0.5, 0.6) is 11.5 Å². The molecule has 2 aliphatic rings. The van der Waals surface area contributed by atoms with Crippen molar-refractivity contribution < 1.29 is 14.6 Å². The molecule has 1 aromatic heterocycles. The van der Waals surface area contributed by atoms with E-state index in [4.69, 9.17) is 4.74 Å². The van der Waals surface area contributed by atoms with Crippen LogP contribution in [0, 0.1) is 0 Å². The number of ether oxygens (including phenoxy) is 1. The highest BCUT2D eigenvalue weighted by molar-refractivity contribution is 5.99. The highest BCUT2D eigenvalue weighted by atomic mass is 16.5. The first-order valence-corrected chi connectivity index (χ1v) is 7.37. The lowest BCUT2D eigenvalue weighted by atomic mass is 9.85. The van der Waals surface area contributed by atoms with Crippen LogP contribution in [0.15, 0.2) is 29.5 Å². The van der Waals surface area contributed by atoms with E-state index in [1.165, 1.54) is 7.11 Å². The summed E-state index contributed by atoms with van der Waals surface area (Å²) >= 11 is 0. The Hall–Kier alpha value is -2.90. The van der Waals surface area contributed by atoms with Gasteiger partial charge in [-0.3, -0.25) is 4.79 Å². The van der Waals surface area contributed by atoms with E-state index >= 15 is 0 Å². The molecule has 118 valence electrons. The van der Waals surface area contributed by atoms with Crippen LogP contribution in [0.2, 0.25) is 0 Å². The number of anilines is 1. The van der Waals surface area contributed by atoms with Crippen molar-refractivity contribution in [1.29, 1.82) is 0 Å². The molecule has 0 saturated heterocycles. The van der Waals surface area contributed by atoms with E-state index in [0.29, 0.717) is 23.7 Å². The summed E-state index contributed by atoms with van der Waals surface area (Å²) in [4.78, 5) is 12.5. The monoisotopic (exact) mass is 313 g/mol. The Balaban J connectivity index is 1.89. The molecule has 23 heavy (non-hydrogen) atoms. The molecule has 1 aliphatic carbocycles. The van der Waals surface area contributed by atoms with Gasteiger partial charge in [-0.15, -0.1) is 0 Å². The van der Waals surface area contributed by atoms with E-state index in [2.05, 4.69) is 20.8 Å². The summed E-state index contributed by atoms with van der Waals surface area (Å²) in [6.45, 7) is 0. The van der Waals surface area contributed by atoms with Crippen LogP contribution in [-0.4, -0.2) is 38.2 Å². The lowest BCUT2D eigenvalue weighted by Gasteiger charge is -2.31. The third kappa shape index (κ3) is 2.06. The number of rotatable bonds is 2. The smallest absolute Gasteiger partial charge is 0.248 e. The number of phenols is 1. The second-order valence-electron chi connectivity index (χ2n) is 5.57. The molecular weight excluding hydrogens is 298 g/mol. The van der Waals surface area contributed by atoms with Crippen molar-refractivity contribution >= 4 is 11.7 Å². The molecule has 1 atom stereocenters. The van der Waals surface area contributed by atoms with Gasteiger partial charge in [0.15, 0.2) is 17.3 Å². The molecule has 0 radical (unpaired) electrons. The number of ketones is 1. The number of hydrogen-bond acceptors (Lipinski definition) is 7. The van der Waals surface area contributed by atoms with Gasteiger partial charge in [0.25, 0.3) is 0 Å². The summed E-state index contributed by atoms with van der Waals surface area (Å²) in [6, 6.07) is 4.63. The molecule has 8 nitrogen and oxygen atoms in total. The quantitative estimate of drug-likeness (QED) is 0.864. The molecule has 0 amide bonds. The molecule has 4 rings (SSSR count). The molecule has 8 heteroatoms. The van der Waals surface area contributed by atoms with Crippen LogP contribution in [0.25, 0.3) is 0 Å². The van der Waals surface area contributed by atoms with E-state index in [9.17, 15) is 9.90 Å². The van der Waals surface area contributed by atoms with E-state index in [0.717, 1.165) is 24.1 Å². The maximum atomic E-state index is 12.5. The number of benzene rings is 1. The summed E-state index contributed by atoms with van der Waals surface area (Å²) in [5.41, 5.74) is 2.27. The van der Waals surface area contributed by atoms with Crippen molar-refractivity contribution in [3.63, 3.8) is 0 Å². The van der Waals surface area contributed by atoms with Crippen molar-refractivity contribution in [2.24, 2.45) is 0 Å². The summed E-state index contributed by atoms with van der Waals surface area (Å²) in [5, 5.41) is 24.9. The predicted octanol–water partition coefficient (Wildman–Crippen LogP) is 1.41. The van der Waals surface area contributed by atoms with Gasteiger partial charge in [0.1, 0.15) is 6.04 Å². The predicted molar refractivity (Wildman–Crippen MR) is 80.1 cm³/mol. The average Bonchev–Trinajstić information content (AvgIpc) is 3.01. The zero-order chi connectivity index (χ0) is 16.0. The second-order valence-corrected chi connectivity index (χ2v) is 5.57. The highest BCUT2D eigenvalue weighted by Crippen LogP contribution is 2.41. The Kier molecular flexibility index (Phi) is 3.03. The maximum absolute atomic E-state index is 12.5. The molecule has 0 fully saturated rings. The van der Waals surface area contributed by atoms with Crippen molar-refractivity contribution in [2.75, 3.05) is 12.4 Å². The highest BCUT2D eigenvalue weighted by Gasteiger charge is 2.36. The van der Waals surface area contributed by atoms with Gasteiger partial charge < -0.3 is 15.2 Å². The number of fused-ring (bicyclic) bond motifs is 1. The maximum Gasteiger partial charge on any atom is 0.248 e. The van der Waals surface area contributed by atoms with Crippen molar-refractivity contribution in [3.05, 3.63) is 35.0 Å². The van der Waals surface area contributed by atoms with Gasteiger partial charge in [-0.25, -0.2) is 0 Å². The minimum Gasteiger partial charge on any atom is -0.504 e. The second kappa shape index (κ2) is 5.08. The fraction of sp³-hybridized carbons (Fsp3) is 0.333. The normalized spacial score (nSPS) is 19.9. The molecular formula is C15H15N5O3. The van der Waals surface area contributed by atoms with Gasteiger partial charge in [-0.05, 0) is 41.0 Å². The number of nitrogens with one attached hydrogen (secondary N) is 1. The summed E-state index contributed by atoms with van der Waals surface area (Å²) in [5.74, 6) is 0.978. The summed E-state index contributed by atoms with van der Waals surface area (Å²) in [6.07, 6.45) is 2.11. The fourth-order valence-electron chi connectivity index (χ4n) is 3.20. The van der Waals surface area contributed by atoms with E-state index < -0.39 is 6.04 Å². The number of phenolic OH excluding ortho intramolecular Hbond substituents is 1. The first-order chi connectivity index (χ1) is 11.2. The third-order valence-electron chi connectivity index (χ3n) is 4.25. The summed E-state index contributed by atoms with van der Waals surface area (Å²) < 4.78 is 6.65. The molecule has 0 bridgehead atoms. The number of methoxy groups -OCH3 is 1. The Morgan fingerprint density at radius 1 is 1.39 bits per heavy atom. The van der Waals surface area contributed by atoms with Gasteiger partial charge in [-0.2, -0.15) is 4.68 Å². The molecule has 1 aliphatic heterocycles. The first kappa shape index (κ1) is 13.7. The zero-order valence-corrected chi connectivity index (χ0v) is 12.5. The number of allylic oxidation sites excluding steroid dienone is 2. The Bertz CT molecular complexity index is 826. The number of nitrogens with zero attached hydrogens (tertiary/aromatic N) is 4. The number of tetrazole rings is 1. The van der Waals surface area contributed by atoms with E-state index in [-0.39, 0.29) is 11.5 Å². The Morgan fingerprint density at radius 2 is 2.26 bits per heavy atom. The number of aromatic nitrogens is 4. The van der Waals surface area contributed by atoms with Gasteiger partial charge in [0, 0.05) is 17.7 Å². The third-order valence-corrected chi connectivity index (χ3v) is 4.25. The van der Waals surface area contributed by atoms with Gasteiger partial charge >= 0.3 is 0 Å². The standard InChI is InChI=1S/C15H15N5O3/c1-23-12-6-5-8(7-11(12)22)14-13-9(3-2-4-10(13)21)16-15-17-18-19-20(14)15/h5-7,14,22H,2-4H2,1H3,(H,16,17,19)/t14-/m0/s1. The number of aromatic hydroxyl groups is 1. The van der Waals surface area contributed by atoms with Crippen LogP contribution in [-0.2, 0) is 4.79 Å². The Morgan fingerprint density at radius 3 is 3.04 bits per heavy atom. The van der Waals surface area contributed by atoms with Crippen LogP contribution in [0.4, 0.5) is 5.95 Å². The van der Waals surface area contributed by atoms with E-state index in [1.807, 2.05) is 6.07 Å². The first-order valence-electron chi connectivity index (χ1n) is 7.37. The molecule has 1 aromatic carbocycles. The minimum atomic E-state index is -0.444. The number of carbonyl (C=O) groups is 1. The van der Waals surface area contributed by atoms with Gasteiger partial charge in [0.2, 0.25) is 5.95 Å². The van der Waals surface area contributed by atoms with Crippen molar-refractivity contribution in [2.45, 2.75) is 25.3 Å². The lowest BCUT2D eigenvalue weighted by molar-refractivity contribution is -0.116. The van der Waals surface area contributed by atoms with Crippen LogP contribution in [0.1, 0.15) is 30.9 Å². The van der Waals surface area contributed by atoms with E-state index in [1.54, 1.807) is 16.8 Å². The van der Waals surface area contributed by atoms with Crippen molar-refractivity contribution in [3.8, 4) is 11.5 Å². The SMILES string of the molecule is COc1ccc([C@H]2C3=C(CCCC3=O)Nc3nnnn32)cc1O. The average molecular weight is 313 g/mol.